The molecule has 0 saturated carbocycles. The number of nitrogens with one attached hydrogen (secondary N) is 1. The Bertz CT molecular complexity index is 360. The minimum atomic E-state index is 0.571. The fraction of sp³-hybridized carbons (Fsp3) is 0.625. The van der Waals surface area contributed by atoms with Gasteiger partial charge in [0.05, 0.1) is 0 Å². The second-order valence-electron chi connectivity index (χ2n) is 5.72. The average Bonchev–Trinajstić information content (AvgIpc) is 2.22. The highest BCUT2D eigenvalue weighted by Gasteiger charge is 2.07. The molecule has 2 nitrogen and oxygen atoms in total. The Kier molecular flexibility index (Phi) is 5.83. The first-order valence-electron chi connectivity index (χ1n) is 6.88. The zero-order valence-corrected chi connectivity index (χ0v) is 12.8. The lowest BCUT2D eigenvalue weighted by atomic mass is 9.99. The summed E-state index contributed by atoms with van der Waals surface area (Å²) in [6.07, 6.45) is 0. The van der Waals surface area contributed by atoms with Gasteiger partial charge < -0.3 is 10.2 Å². The van der Waals surface area contributed by atoms with Crippen LogP contribution in [0.15, 0.2) is 12.1 Å². The van der Waals surface area contributed by atoms with Crippen molar-refractivity contribution < 1.29 is 0 Å². The lowest BCUT2D eigenvalue weighted by Crippen LogP contribution is -2.32. The van der Waals surface area contributed by atoms with Crippen LogP contribution in [0.25, 0.3) is 0 Å². The maximum absolute atomic E-state index is 3.46. The summed E-state index contributed by atoms with van der Waals surface area (Å²) in [5, 5.41) is 3.46. The van der Waals surface area contributed by atoms with Gasteiger partial charge in [-0.3, -0.25) is 0 Å². The minimum Gasteiger partial charge on any atom is -0.313 e. The highest BCUT2D eigenvalue weighted by Crippen LogP contribution is 2.17. The SMILES string of the molecule is Cc1cc(C)c(CN(C)CCNC(C)C)c(C)c1. The average molecular weight is 248 g/mol. The van der Waals surface area contributed by atoms with Crippen molar-refractivity contribution in [2.24, 2.45) is 0 Å². The maximum atomic E-state index is 3.46. The van der Waals surface area contributed by atoms with E-state index in [1.807, 2.05) is 0 Å². The number of likely N-dealkylation sites (N-methyl/N-ethyl adjacent to an activating group) is 1. The van der Waals surface area contributed by atoms with Gasteiger partial charge in [-0.2, -0.15) is 0 Å². The summed E-state index contributed by atoms with van der Waals surface area (Å²) in [6.45, 7) is 14.2. The standard InChI is InChI=1S/C16H28N2/c1-12(2)17-7-8-18(6)11-16-14(4)9-13(3)10-15(16)5/h9-10,12,17H,7-8,11H2,1-6H3. The summed E-state index contributed by atoms with van der Waals surface area (Å²) in [5.41, 5.74) is 5.66. The van der Waals surface area contributed by atoms with Crippen molar-refractivity contribution in [1.82, 2.24) is 10.2 Å². The van der Waals surface area contributed by atoms with Gasteiger partial charge in [0.15, 0.2) is 0 Å². The van der Waals surface area contributed by atoms with Crippen LogP contribution >= 0.6 is 0 Å². The molecule has 0 aromatic heterocycles. The molecule has 18 heavy (non-hydrogen) atoms. The van der Waals surface area contributed by atoms with Crippen molar-refractivity contribution in [3.05, 3.63) is 34.4 Å². The lowest BCUT2D eigenvalue weighted by Gasteiger charge is -2.21. The van der Waals surface area contributed by atoms with E-state index in [1.165, 1.54) is 22.3 Å². The van der Waals surface area contributed by atoms with E-state index in [-0.39, 0.29) is 0 Å². The van der Waals surface area contributed by atoms with Gasteiger partial charge >= 0.3 is 0 Å². The summed E-state index contributed by atoms with van der Waals surface area (Å²) >= 11 is 0. The first-order valence-corrected chi connectivity index (χ1v) is 6.88. The molecule has 0 aliphatic rings. The molecule has 102 valence electrons. The molecule has 0 bridgehead atoms. The summed E-state index contributed by atoms with van der Waals surface area (Å²) in [4.78, 5) is 2.39. The van der Waals surface area contributed by atoms with Crippen molar-refractivity contribution in [3.63, 3.8) is 0 Å². The molecule has 1 N–H and O–H groups in total. The van der Waals surface area contributed by atoms with Crippen LogP contribution in [0.1, 0.15) is 36.1 Å². The second kappa shape index (κ2) is 6.91. The Hall–Kier alpha value is -0.860. The van der Waals surface area contributed by atoms with Gasteiger partial charge in [-0.1, -0.05) is 31.5 Å². The van der Waals surface area contributed by atoms with Crippen LogP contribution in [0.2, 0.25) is 0 Å². The van der Waals surface area contributed by atoms with E-state index in [2.05, 4.69) is 64.0 Å². The molecular weight excluding hydrogens is 220 g/mol. The summed E-state index contributed by atoms with van der Waals surface area (Å²) in [7, 11) is 2.20. The summed E-state index contributed by atoms with van der Waals surface area (Å²) in [6, 6.07) is 5.13. The van der Waals surface area contributed by atoms with Gasteiger partial charge in [-0.25, -0.2) is 0 Å². The third-order valence-corrected chi connectivity index (χ3v) is 3.31. The molecule has 0 amide bonds. The van der Waals surface area contributed by atoms with Crippen LogP contribution in [-0.4, -0.2) is 31.1 Å². The van der Waals surface area contributed by atoms with Crippen molar-refractivity contribution in [2.75, 3.05) is 20.1 Å². The van der Waals surface area contributed by atoms with Crippen molar-refractivity contribution in [3.8, 4) is 0 Å². The molecule has 0 atom stereocenters. The largest absolute Gasteiger partial charge is 0.313 e. The van der Waals surface area contributed by atoms with Crippen LogP contribution in [-0.2, 0) is 6.54 Å². The molecule has 0 radical (unpaired) electrons. The Morgan fingerprint density at radius 2 is 1.67 bits per heavy atom. The Balaban J connectivity index is 2.56. The maximum Gasteiger partial charge on any atom is 0.0236 e. The first-order chi connectivity index (χ1) is 8.40. The second-order valence-corrected chi connectivity index (χ2v) is 5.72. The van der Waals surface area contributed by atoms with Crippen LogP contribution in [0.5, 0.6) is 0 Å². The predicted octanol–water partition coefficient (Wildman–Crippen LogP) is 3.04. The van der Waals surface area contributed by atoms with Crippen LogP contribution in [0.4, 0.5) is 0 Å². The molecule has 0 fully saturated rings. The molecule has 0 unspecified atom stereocenters. The molecular formula is C16H28N2. The van der Waals surface area contributed by atoms with Crippen LogP contribution < -0.4 is 5.32 Å². The fourth-order valence-electron chi connectivity index (χ4n) is 2.35. The van der Waals surface area contributed by atoms with E-state index in [0.717, 1.165) is 19.6 Å². The smallest absolute Gasteiger partial charge is 0.0236 e. The van der Waals surface area contributed by atoms with Crippen LogP contribution in [0.3, 0.4) is 0 Å². The predicted molar refractivity (Wildman–Crippen MR) is 80.1 cm³/mol. The third-order valence-electron chi connectivity index (χ3n) is 3.31. The number of hydrogen-bond acceptors (Lipinski definition) is 2. The van der Waals surface area contributed by atoms with Crippen molar-refractivity contribution in [2.45, 2.75) is 47.2 Å². The molecule has 1 aromatic carbocycles. The van der Waals surface area contributed by atoms with Gasteiger partial charge in [0.25, 0.3) is 0 Å². The molecule has 1 rings (SSSR count). The lowest BCUT2D eigenvalue weighted by molar-refractivity contribution is 0.319. The zero-order chi connectivity index (χ0) is 13.7. The van der Waals surface area contributed by atoms with Crippen LogP contribution in [0, 0.1) is 20.8 Å². The third kappa shape index (κ3) is 4.79. The molecule has 0 aliphatic heterocycles. The Labute approximate surface area is 112 Å². The van der Waals surface area contributed by atoms with Gasteiger partial charge in [-0.05, 0) is 44.5 Å². The van der Waals surface area contributed by atoms with E-state index >= 15 is 0 Å². The van der Waals surface area contributed by atoms with E-state index in [1.54, 1.807) is 0 Å². The molecule has 0 spiro atoms. The van der Waals surface area contributed by atoms with E-state index in [9.17, 15) is 0 Å². The number of hydrogen-bond donors (Lipinski definition) is 1. The van der Waals surface area contributed by atoms with Gasteiger partial charge in [0.1, 0.15) is 0 Å². The zero-order valence-electron chi connectivity index (χ0n) is 12.8. The summed E-state index contributed by atoms with van der Waals surface area (Å²) in [5.74, 6) is 0. The normalized spacial score (nSPS) is 11.6. The Morgan fingerprint density at radius 1 is 1.11 bits per heavy atom. The number of aryl methyl sites for hydroxylation is 3. The quantitative estimate of drug-likeness (QED) is 0.832. The fourth-order valence-corrected chi connectivity index (χ4v) is 2.35. The molecule has 0 saturated heterocycles. The first kappa shape index (κ1) is 15.2. The Morgan fingerprint density at radius 3 is 2.17 bits per heavy atom. The van der Waals surface area contributed by atoms with Gasteiger partial charge in [-0.15, -0.1) is 0 Å². The molecule has 0 aliphatic carbocycles. The topological polar surface area (TPSA) is 15.3 Å². The summed E-state index contributed by atoms with van der Waals surface area (Å²) < 4.78 is 0. The van der Waals surface area contributed by atoms with Crippen molar-refractivity contribution in [1.29, 1.82) is 0 Å². The number of rotatable bonds is 6. The van der Waals surface area contributed by atoms with E-state index in [0.29, 0.717) is 6.04 Å². The molecule has 1 aromatic rings. The minimum absolute atomic E-state index is 0.571. The molecule has 0 heterocycles. The monoisotopic (exact) mass is 248 g/mol. The van der Waals surface area contributed by atoms with Crippen molar-refractivity contribution >= 4 is 0 Å². The van der Waals surface area contributed by atoms with Gasteiger partial charge in [0.2, 0.25) is 0 Å². The number of benzene rings is 1. The van der Waals surface area contributed by atoms with E-state index < -0.39 is 0 Å². The van der Waals surface area contributed by atoms with E-state index in [4.69, 9.17) is 0 Å². The highest BCUT2D eigenvalue weighted by atomic mass is 15.1. The van der Waals surface area contributed by atoms with Gasteiger partial charge in [0, 0.05) is 25.7 Å². The highest BCUT2D eigenvalue weighted by molar-refractivity contribution is 5.37. The molecule has 2 heteroatoms. The number of nitrogens with zero attached hydrogens (tertiary/aromatic N) is 1.